The zero-order valence-electron chi connectivity index (χ0n) is 18.9. The summed E-state index contributed by atoms with van der Waals surface area (Å²) in [5.41, 5.74) is -1.82. The molecule has 1 saturated heterocycles. The van der Waals surface area contributed by atoms with Crippen molar-refractivity contribution >= 4 is 31.4 Å². The highest BCUT2D eigenvalue weighted by Gasteiger charge is 2.63. The number of fused-ring (bicyclic) bond motifs is 1. The van der Waals surface area contributed by atoms with Crippen molar-refractivity contribution < 1.29 is 32.4 Å². The van der Waals surface area contributed by atoms with Gasteiger partial charge in [-0.15, -0.1) is 0 Å². The van der Waals surface area contributed by atoms with Gasteiger partial charge in [-0.2, -0.15) is 0 Å². The standard InChI is InChI=1S/C18H23B3FN2O8P/c1-9-4-3-5-11-8-29-33(28,30-13(9)11)32-18(20,21)16(22)6-12(25)17(19,31-16)24-7-10(2)14(26)23-15(24)27/h3-5,7,12,25H,6,8,19-21H2,1-2H3,(H,23,26,27)/t12-,16+,17+,33?/m1/s1. The van der Waals surface area contributed by atoms with Crippen LogP contribution in [-0.2, 0) is 30.6 Å². The molecule has 2 aromatic rings. The molecule has 3 heterocycles. The number of alkyl halides is 1. The molecule has 0 saturated carbocycles. The van der Waals surface area contributed by atoms with Gasteiger partial charge in [0, 0.05) is 23.7 Å². The van der Waals surface area contributed by atoms with Gasteiger partial charge in [-0.25, -0.2) is 13.8 Å². The molecule has 4 atom stereocenters. The summed E-state index contributed by atoms with van der Waals surface area (Å²) in [7, 11) is -0.388. The number of phosphoric acid groups is 1. The Bertz CT molecular complexity index is 1290. The van der Waals surface area contributed by atoms with Gasteiger partial charge in [-0.05, 0) is 19.4 Å². The van der Waals surface area contributed by atoms with Gasteiger partial charge < -0.3 is 14.4 Å². The molecule has 0 bridgehead atoms. The van der Waals surface area contributed by atoms with Crippen LogP contribution in [0.15, 0.2) is 34.0 Å². The average molecular weight is 478 g/mol. The number of benzene rings is 1. The summed E-state index contributed by atoms with van der Waals surface area (Å²) in [5.74, 6) is -2.37. The van der Waals surface area contributed by atoms with Crippen molar-refractivity contribution in [2.75, 3.05) is 0 Å². The second kappa shape index (κ2) is 7.71. The van der Waals surface area contributed by atoms with Crippen LogP contribution in [0.3, 0.4) is 0 Å². The first kappa shape index (κ1) is 24.0. The zero-order chi connectivity index (χ0) is 24.4. The first-order valence-corrected chi connectivity index (χ1v) is 11.8. The van der Waals surface area contributed by atoms with E-state index in [1.807, 2.05) is 0 Å². The number of aliphatic hydroxyl groups excluding tert-OH is 1. The van der Waals surface area contributed by atoms with Crippen molar-refractivity contribution in [3.63, 3.8) is 0 Å². The zero-order valence-corrected chi connectivity index (χ0v) is 19.8. The molecule has 1 unspecified atom stereocenters. The van der Waals surface area contributed by atoms with E-state index in [9.17, 15) is 19.3 Å². The van der Waals surface area contributed by atoms with Crippen LogP contribution in [-0.4, -0.2) is 55.6 Å². The molecule has 4 rings (SSSR count). The van der Waals surface area contributed by atoms with Crippen molar-refractivity contribution in [2.24, 2.45) is 0 Å². The lowest BCUT2D eigenvalue weighted by atomic mass is 9.60. The Balaban J connectivity index is 1.64. The maximum absolute atomic E-state index is 16.2. The van der Waals surface area contributed by atoms with Gasteiger partial charge in [0.2, 0.25) is 5.85 Å². The van der Waals surface area contributed by atoms with Crippen LogP contribution in [0.5, 0.6) is 5.75 Å². The quantitative estimate of drug-likeness (QED) is 0.402. The number of rotatable bonds is 4. The number of aromatic nitrogens is 2. The smallest absolute Gasteiger partial charge is 0.403 e. The molecule has 2 aliphatic rings. The van der Waals surface area contributed by atoms with Crippen LogP contribution in [0.4, 0.5) is 4.39 Å². The van der Waals surface area contributed by atoms with Crippen LogP contribution in [0, 0.1) is 13.8 Å². The maximum Gasteiger partial charge on any atom is 0.529 e. The second-order valence-electron chi connectivity index (χ2n) is 9.02. The van der Waals surface area contributed by atoms with Crippen molar-refractivity contribution in [1.82, 2.24) is 9.55 Å². The summed E-state index contributed by atoms with van der Waals surface area (Å²) < 4.78 is 52.4. The minimum atomic E-state index is -4.26. The number of aliphatic hydroxyl groups is 1. The molecule has 0 aliphatic carbocycles. The lowest BCUT2D eigenvalue weighted by Crippen LogP contribution is -2.56. The van der Waals surface area contributed by atoms with Crippen LogP contribution in [0.25, 0.3) is 0 Å². The highest BCUT2D eigenvalue weighted by Crippen LogP contribution is 2.59. The van der Waals surface area contributed by atoms with Gasteiger partial charge in [0.05, 0.1) is 18.1 Å². The van der Waals surface area contributed by atoms with Gasteiger partial charge in [0.25, 0.3) is 5.56 Å². The monoisotopic (exact) mass is 478 g/mol. The number of nitrogens with zero attached hydrogens (tertiary/aromatic N) is 1. The SMILES string of the molecule is BC(B)(OP1(=O)OCc2cccc(C)c2O1)[C@]1(F)C[C@@H](O)[C@](B)(n2cc(C)c(=O)[nH]c2=O)O1. The number of ether oxygens (including phenoxy) is 1. The van der Waals surface area contributed by atoms with E-state index in [1.165, 1.54) is 36.7 Å². The van der Waals surface area contributed by atoms with E-state index in [1.54, 1.807) is 25.1 Å². The normalized spacial score (nSPS) is 31.7. The number of phosphoric ester groups is 1. The van der Waals surface area contributed by atoms with Crippen LogP contribution < -0.4 is 15.8 Å². The molecular weight excluding hydrogens is 455 g/mol. The Morgan fingerprint density at radius 3 is 2.73 bits per heavy atom. The summed E-state index contributed by atoms with van der Waals surface area (Å²) >= 11 is 0. The van der Waals surface area contributed by atoms with Crippen LogP contribution in [0.1, 0.15) is 23.1 Å². The number of hydrogen-bond donors (Lipinski definition) is 2. The third-order valence-electron chi connectivity index (χ3n) is 6.15. The fourth-order valence-electron chi connectivity index (χ4n) is 3.99. The summed E-state index contributed by atoms with van der Waals surface area (Å²) in [6, 6.07) is 5.31. The van der Waals surface area contributed by atoms with E-state index >= 15 is 4.39 Å². The molecule has 1 fully saturated rings. The molecule has 33 heavy (non-hydrogen) atoms. The summed E-state index contributed by atoms with van der Waals surface area (Å²) in [6.07, 6.45) is -0.943. The predicted octanol–water partition coefficient (Wildman–Crippen LogP) is -1.50. The third kappa shape index (κ3) is 3.93. The molecule has 1 aromatic carbocycles. The fourth-order valence-corrected chi connectivity index (χ4v) is 5.61. The highest BCUT2D eigenvalue weighted by atomic mass is 31.2. The third-order valence-corrected chi connectivity index (χ3v) is 7.69. The molecule has 0 radical (unpaired) electrons. The molecule has 0 spiro atoms. The molecule has 2 N–H and O–H groups in total. The molecule has 1 aromatic heterocycles. The number of para-hydroxylation sites is 1. The average Bonchev–Trinajstić information content (AvgIpc) is 2.95. The van der Waals surface area contributed by atoms with Gasteiger partial charge in [-0.3, -0.25) is 23.4 Å². The summed E-state index contributed by atoms with van der Waals surface area (Å²) in [5, 5.41) is 8.78. The van der Waals surface area contributed by atoms with Crippen molar-refractivity contribution in [2.45, 2.75) is 49.9 Å². The Morgan fingerprint density at radius 2 is 2.03 bits per heavy atom. The summed E-state index contributed by atoms with van der Waals surface area (Å²) in [4.78, 5) is 26.2. The van der Waals surface area contributed by atoms with Gasteiger partial charge in [0.1, 0.15) is 27.1 Å². The van der Waals surface area contributed by atoms with Gasteiger partial charge >= 0.3 is 13.5 Å². The van der Waals surface area contributed by atoms with E-state index in [0.717, 1.165) is 4.57 Å². The molecule has 2 aliphatic heterocycles. The molecule has 10 nitrogen and oxygen atoms in total. The molecule has 0 amide bonds. The van der Waals surface area contributed by atoms with Crippen molar-refractivity contribution in [3.8, 4) is 5.75 Å². The number of hydrogen-bond acceptors (Lipinski definition) is 8. The summed E-state index contributed by atoms with van der Waals surface area (Å²) in [6.45, 7) is 3.16. The molecule has 15 heteroatoms. The minimum Gasteiger partial charge on any atom is -0.403 e. The van der Waals surface area contributed by atoms with E-state index in [0.29, 0.717) is 16.9 Å². The lowest BCUT2D eigenvalue weighted by Gasteiger charge is -2.41. The van der Waals surface area contributed by atoms with Crippen LogP contribution in [0.2, 0.25) is 0 Å². The minimum absolute atomic E-state index is 0.0586. The first-order chi connectivity index (χ1) is 15.2. The lowest BCUT2D eigenvalue weighted by molar-refractivity contribution is -0.219. The Kier molecular flexibility index (Phi) is 5.62. The number of aromatic amines is 1. The predicted molar refractivity (Wildman–Crippen MR) is 123 cm³/mol. The number of halogens is 1. The molecule has 174 valence electrons. The van der Waals surface area contributed by atoms with Crippen molar-refractivity contribution in [3.05, 3.63) is 61.9 Å². The number of nitrogens with one attached hydrogen (secondary N) is 1. The first-order valence-electron chi connectivity index (χ1n) is 10.3. The van der Waals surface area contributed by atoms with E-state index in [2.05, 4.69) is 4.98 Å². The van der Waals surface area contributed by atoms with E-state index in [-0.39, 0.29) is 12.2 Å². The Labute approximate surface area is 191 Å². The van der Waals surface area contributed by atoms with Gasteiger partial charge in [-0.1, -0.05) is 18.2 Å². The second-order valence-corrected chi connectivity index (χ2v) is 10.5. The number of H-pyrrole nitrogens is 1. The Morgan fingerprint density at radius 1 is 1.33 bits per heavy atom. The van der Waals surface area contributed by atoms with Crippen LogP contribution >= 0.6 is 7.82 Å². The van der Waals surface area contributed by atoms with Crippen molar-refractivity contribution in [1.29, 1.82) is 0 Å². The highest BCUT2D eigenvalue weighted by molar-refractivity contribution is 7.49. The number of aryl methyl sites for hydroxylation is 2. The Hall–Kier alpha value is -2.11. The topological polar surface area (TPSA) is 129 Å². The van der Waals surface area contributed by atoms with E-state index in [4.69, 9.17) is 18.3 Å². The fraction of sp³-hybridized carbons (Fsp3) is 0.444. The largest absolute Gasteiger partial charge is 0.529 e. The molecular formula is C18H23B3FN2O8P. The van der Waals surface area contributed by atoms with Gasteiger partial charge in [0.15, 0.2) is 7.85 Å². The van der Waals surface area contributed by atoms with E-state index < -0.39 is 48.5 Å². The maximum atomic E-state index is 16.2.